The molecule has 0 heterocycles. The van der Waals surface area contributed by atoms with Crippen LogP contribution in [0.15, 0.2) is 70.5 Å². The van der Waals surface area contributed by atoms with Crippen molar-refractivity contribution in [1.82, 2.24) is 0 Å². The van der Waals surface area contributed by atoms with E-state index in [9.17, 15) is 16.8 Å². The predicted molar refractivity (Wildman–Crippen MR) is 125 cm³/mol. The van der Waals surface area contributed by atoms with E-state index in [1.807, 2.05) is 19.9 Å². The molecule has 0 aromatic heterocycles. The van der Waals surface area contributed by atoms with E-state index in [1.54, 1.807) is 62.4 Å². The first-order valence-corrected chi connectivity index (χ1v) is 12.6. The molecule has 31 heavy (non-hydrogen) atoms. The van der Waals surface area contributed by atoms with E-state index in [0.29, 0.717) is 22.5 Å². The topological polar surface area (TPSA) is 83.6 Å². The van der Waals surface area contributed by atoms with E-state index in [-0.39, 0.29) is 9.79 Å². The maximum Gasteiger partial charge on any atom is 0.264 e. The van der Waals surface area contributed by atoms with Crippen molar-refractivity contribution in [2.75, 3.05) is 16.1 Å². The van der Waals surface area contributed by atoms with Crippen LogP contribution in [0.3, 0.4) is 0 Å². The first-order chi connectivity index (χ1) is 14.4. The lowest BCUT2D eigenvalue weighted by Gasteiger charge is -2.25. The Morgan fingerprint density at radius 3 is 2.03 bits per heavy atom. The summed E-state index contributed by atoms with van der Waals surface area (Å²) in [5.74, 6) is 0. The van der Waals surface area contributed by atoms with E-state index in [0.717, 1.165) is 15.4 Å². The van der Waals surface area contributed by atoms with Gasteiger partial charge in [-0.05, 0) is 74.7 Å². The highest BCUT2D eigenvalue weighted by atomic mass is 32.2. The highest BCUT2D eigenvalue weighted by Gasteiger charge is 2.27. The van der Waals surface area contributed by atoms with Crippen LogP contribution in [0.5, 0.6) is 0 Å². The van der Waals surface area contributed by atoms with Crippen LogP contribution in [0, 0.1) is 27.7 Å². The summed E-state index contributed by atoms with van der Waals surface area (Å²) < 4.78 is 56.3. The van der Waals surface area contributed by atoms with Gasteiger partial charge in [-0.2, -0.15) is 0 Å². The maximum absolute atomic E-state index is 13.2. The lowest BCUT2D eigenvalue weighted by molar-refractivity contribution is 0.592. The summed E-state index contributed by atoms with van der Waals surface area (Å²) >= 11 is 0. The van der Waals surface area contributed by atoms with Crippen LogP contribution in [0.4, 0.5) is 11.4 Å². The molecule has 3 aromatic rings. The number of anilines is 2. The number of nitrogens with zero attached hydrogens (tertiary/aromatic N) is 1. The molecule has 0 bridgehead atoms. The van der Waals surface area contributed by atoms with Crippen molar-refractivity contribution in [3.63, 3.8) is 0 Å². The lowest BCUT2D eigenvalue weighted by atomic mass is 10.1. The van der Waals surface area contributed by atoms with Crippen LogP contribution in [0.2, 0.25) is 0 Å². The van der Waals surface area contributed by atoms with Crippen LogP contribution in [-0.2, 0) is 20.0 Å². The molecule has 6 nitrogen and oxygen atoms in total. The van der Waals surface area contributed by atoms with Gasteiger partial charge in [0.25, 0.3) is 20.0 Å². The summed E-state index contributed by atoms with van der Waals surface area (Å²) in [6, 6.07) is 16.7. The third-order valence-electron chi connectivity index (χ3n) is 5.14. The second kappa shape index (κ2) is 8.36. The van der Waals surface area contributed by atoms with Gasteiger partial charge in [-0.3, -0.25) is 9.03 Å². The van der Waals surface area contributed by atoms with Crippen molar-refractivity contribution < 1.29 is 16.8 Å². The third kappa shape index (κ3) is 4.60. The molecule has 0 aliphatic rings. The molecule has 0 saturated heterocycles. The van der Waals surface area contributed by atoms with Crippen LogP contribution >= 0.6 is 0 Å². The molecule has 0 unspecified atom stereocenters. The Morgan fingerprint density at radius 2 is 1.42 bits per heavy atom. The number of nitrogens with one attached hydrogen (secondary N) is 1. The van der Waals surface area contributed by atoms with E-state index in [1.165, 1.54) is 13.1 Å². The van der Waals surface area contributed by atoms with Gasteiger partial charge in [0, 0.05) is 12.7 Å². The van der Waals surface area contributed by atoms with Crippen LogP contribution in [0.25, 0.3) is 0 Å². The maximum atomic E-state index is 13.2. The summed E-state index contributed by atoms with van der Waals surface area (Å²) in [4.78, 5) is 0.172. The van der Waals surface area contributed by atoms with Crippen molar-refractivity contribution in [3.05, 3.63) is 82.9 Å². The second-order valence-corrected chi connectivity index (χ2v) is 11.2. The number of sulfonamides is 2. The van der Waals surface area contributed by atoms with Gasteiger partial charge in [0.05, 0.1) is 15.5 Å². The van der Waals surface area contributed by atoms with E-state index >= 15 is 0 Å². The fraction of sp³-hybridized carbons (Fsp3) is 0.217. The average Bonchev–Trinajstić information content (AvgIpc) is 2.67. The van der Waals surface area contributed by atoms with Crippen molar-refractivity contribution in [1.29, 1.82) is 0 Å². The number of hydrogen-bond donors (Lipinski definition) is 1. The van der Waals surface area contributed by atoms with Crippen molar-refractivity contribution in [3.8, 4) is 0 Å². The fourth-order valence-corrected chi connectivity index (χ4v) is 6.11. The Balaban J connectivity index is 2.07. The lowest BCUT2D eigenvalue weighted by Crippen LogP contribution is -2.28. The number of benzene rings is 3. The fourth-order valence-electron chi connectivity index (χ4n) is 3.50. The van der Waals surface area contributed by atoms with E-state index in [4.69, 9.17) is 0 Å². The third-order valence-corrected chi connectivity index (χ3v) is 8.43. The molecule has 0 amide bonds. The molecule has 0 fully saturated rings. The Morgan fingerprint density at radius 1 is 0.774 bits per heavy atom. The molecular formula is C23H26N2O4S2. The summed E-state index contributed by atoms with van der Waals surface area (Å²) in [5.41, 5.74) is 3.67. The van der Waals surface area contributed by atoms with Gasteiger partial charge >= 0.3 is 0 Å². The average molecular weight is 459 g/mol. The smallest absolute Gasteiger partial charge is 0.264 e. The first kappa shape index (κ1) is 22.8. The summed E-state index contributed by atoms with van der Waals surface area (Å²) in [6.07, 6.45) is 0. The van der Waals surface area contributed by atoms with E-state index < -0.39 is 20.0 Å². The molecule has 0 spiro atoms. The van der Waals surface area contributed by atoms with Crippen LogP contribution in [-0.4, -0.2) is 23.9 Å². The zero-order valence-corrected chi connectivity index (χ0v) is 19.8. The highest BCUT2D eigenvalue weighted by Crippen LogP contribution is 2.33. The Labute approximate surface area is 184 Å². The molecule has 0 aliphatic carbocycles. The van der Waals surface area contributed by atoms with Crippen molar-refractivity contribution in [2.45, 2.75) is 37.5 Å². The van der Waals surface area contributed by atoms with Gasteiger partial charge in [0.1, 0.15) is 0 Å². The van der Waals surface area contributed by atoms with E-state index in [2.05, 4.69) is 4.72 Å². The normalized spacial score (nSPS) is 11.9. The molecule has 3 aromatic carbocycles. The van der Waals surface area contributed by atoms with Gasteiger partial charge < -0.3 is 0 Å². The molecular weight excluding hydrogens is 432 g/mol. The molecule has 164 valence electrons. The zero-order chi connectivity index (χ0) is 23.0. The minimum Gasteiger partial charge on any atom is -0.280 e. The molecule has 1 N–H and O–H groups in total. The Hall–Kier alpha value is -2.84. The summed E-state index contributed by atoms with van der Waals surface area (Å²) in [5, 5.41) is 0. The van der Waals surface area contributed by atoms with Gasteiger partial charge in [-0.1, -0.05) is 35.9 Å². The van der Waals surface area contributed by atoms with Crippen molar-refractivity contribution in [2.24, 2.45) is 0 Å². The minimum atomic E-state index is -3.92. The van der Waals surface area contributed by atoms with Gasteiger partial charge in [-0.25, -0.2) is 16.8 Å². The molecule has 0 radical (unpaired) electrons. The van der Waals surface area contributed by atoms with Gasteiger partial charge in [-0.15, -0.1) is 0 Å². The number of rotatable bonds is 6. The standard InChI is InChI=1S/C23H26N2O4S2/c1-16-9-12-21(13-10-16)31(28,29)25(5)23-18(3)11-14-22(19(23)4)30(26,27)24-20-8-6-7-17(2)15-20/h6-15,24H,1-5H3. The largest absolute Gasteiger partial charge is 0.280 e. The van der Waals surface area contributed by atoms with Crippen molar-refractivity contribution >= 4 is 31.4 Å². The monoisotopic (exact) mass is 458 g/mol. The number of hydrogen-bond acceptors (Lipinski definition) is 4. The van der Waals surface area contributed by atoms with Crippen LogP contribution < -0.4 is 9.03 Å². The second-order valence-electron chi connectivity index (χ2n) is 7.61. The van der Waals surface area contributed by atoms with Gasteiger partial charge in [0.15, 0.2) is 0 Å². The first-order valence-electron chi connectivity index (χ1n) is 9.69. The molecule has 0 atom stereocenters. The highest BCUT2D eigenvalue weighted by molar-refractivity contribution is 7.93. The quantitative estimate of drug-likeness (QED) is 0.588. The number of aryl methyl sites for hydroxylation is 3. The zero-order valence-electron chi connectivity index (χ0n) is 18.2. The van der Waals surface area contributed by atoms with Gasteiger partial charge in [0.2, 0.25) is 0 Å². The Kier molecular flexibility index (Phi) is 6.16. The SMILES string of the molecule is Cc1ccc(S(=O)(=O)N(C)c2c(C)ccc(S(=O)(=O)Nc3cccc(C)c3)c2C)cc1. The minimum absolute atomic E-state index is 0.0283. The molecule has 0 saturated carbocycles. The summed E-state index contributed by atoms with van der Waals surface area (Å²) in [6.45, 7) is 7.13. The molecule has 3 rings (SSSR count). The summed E-state index contributed by atoms with van der Waals surface area (Å²) in [7, 11) is -6.34. The molecule has 8 heteroatoms. The predicted octanol–water partition coefficient (Wildman–Crippen LogP) is 4.55. The Bertz CT molecular complexity index is 1330. The van der Waals surface area contributed by atoms with Crippen LogP contribution in [0.1, 0.15) is 22.3 Å². The molecule has 0 aliphatic heterocycles.